The maximum atomic E-state index is 11.8. The van der Waals surface area contributed by atoms with Gasteiger partial charge < -0.3 is 15.3 Å². The summed E-state index contributed by atoms with van der Waals surface area (Å²) in [4.78, 5) is 24.0. The fourth-order valence-electron chi connectivity index (χ4n) is 1.79. The van der Waals surface area contributed by atoms with Gasteiger partial charge in [-0.05, 0) is 5.92 Å². The minimum Gasteiger partial charge on any atom is -0.481 e. The number of carbonyl (C=O) groups is 2. The zero-order valence-corrected chi connectivity index (χ0v) is 11.4. The Hall–Kier alpha value is -1.11. The molecule has 1 atom stereocenters. The third-order valence-electron chi connectivity index (χ3n) is 3.05. The molecule has 0 aliphatic carbocycles. The number of nitrogens with zero attached hydrogens (tertiary/aromatic N) is 1. The third-order valence-corrected chi connectivity index (χ3v) is 4.32. The maximum Gasteiger partial charge on any atom is 0.317 e. The Morgan fingerprint density at radius 1 is 1.39 bits per heavy atom. The van der Waals surface area contributed by atoms with E-state index in [2.05, 4.69) is 5.32 Å². The van der Waals surface area contributed by atoms with Crippen LogP contribution in [-0.2, 0) is 15.6 Å². The highest BCUT2D eigenvalue weighted by atomic mass is 32.2. The molecule has 1 unspecified atom stereocenters. The average molecular weight is 276 g/mol. The van der Waals surface area contributed by atoms with E-state index in [0.717, 1.165) is 6.42 Å². The molecule has 104 valence electrons. The summed E-state index contributed by atoms with van der Waals surface area (Å²) in [7, 11) is -0.799. The molecule has 0 bridgehead atoms. The van der Waals surface area contributed by atoms with E-state index in [1.165, 1.54) is 0 Å². The number of rotatable bonds is 5. The fourth-order valence-corrected chi connectivity index (χ4v) is 2.84. The first-order valence-corrected chi connectivity index (χ1v) is 7.61. The van der Waals surface area contributed by atoms with Crippen molar-refractivity contribution in [1.29, 1.82) is 0 Å². The van der Waals surface area contributed by atoms with Crippen LogP contribution >= 0.6 is 0 Å². The molecule has 0 aromatic carbocycles. The quantitative estimate of drug-likeness (QED) is 0.754. The highest BCUT2D eigenvalue weighted by molar-refractivity contribution is 7.85. The zero-order chi connectivity index (χ0) is 13.5. The second kappa shape index (κ2) is 7.35. The van der Waals surface area contributed by atoms with Gasteiger partial charge in [-0.15, -0.1) is 0 Å². The number of urea groups is 1. The lowest BCUT2D eigenvalue weighted by molar-refractivity contribution is -0.138. The van der Waals surface area contributed by atoms with Crippen molar-refractivity contribution in [3.05, 3.63) is 0 Å². The van der Waals surface area contributed by atoms with Crippen molar-refractivity contribution >= 4 is 22.8 Å². The van der Waals surface area contributed by atoms with Crippen molar-refractivity contribution < 1.29 is 18.9 Å². The summed E-state index contributed by atoms with van der Waals surface area (Å²) in [6.07, 6.45) is 0.789. The van der Waals surface area contributed by atoms with Crippen LogP contribution in [-0.4, -0.2) is 57.4 Å². The van der Waals surface area contributed by atoms with Crippen LogP contribution in [0.2, 0.25) is 0 Å². The zero-order valence-electron chi connectivity index (χ0n) is 10.6. The van der Waals surface area contributed by atoms with Crippen molar-refractivity contribution in [2.45, 2.75) is 19.8 Å². The molecule has 0 radical (unpaired) electrons. The lowest BCUT2D eigenvalue weighted by atomic mass is 10.0. The number of hydrogen-bond donors (Lipinski definition) is 2. The normalized spacial score (nSPS) is 18.4. The monoisotopic (exact) mass is 276 g/mol. The Morgan fingerprint density at radius 3 is 2.50 bits per heavy atom. The van der Waals surface area contributed by atoms with Crippen molar-refractivity contribution in [2.75, 3.05) is 31.1 Å². The van der Waals surface area contributed by atoms with Crippen LogP contribution in [0.5, 0.6) is 0 Å². The van der Waals surface area contributed by atoms with Crippen molar-refractivity contribution in [3.63, 3.8) is 0 Å². The van der Waals surface area contributed by atoms with Crippen LogP contribution in [0.25, 0.3) is 0 Å². The van der Waals surface area contributed by atoms with E-state index >= 15 is 0 Å². The Labute approximate surface area is 109 Å². The molecule has 0 saturated carbocycles. The van der Waals surface area contributed by atoms with Gasteiger partial charge in [0.25, 0.3) is 0 Å². The minimum atomic E-state index is -0.843. The molecule has 1 saturated heterocycles. The fraction of sp³-hybridized carbons (Fsp3) is 0.818. The van der Waals surface area contributed by atoms with Gasteiger partial charge >= 0.3 is 12.0 Å². The number of carboxylic acids is 1. The molecule has 2 N–H and O–H groups in total. The highest BCUT2D eigenvalue weighted by Crippen LogP contribution is 2.07. The molecular formula is C11H20N2O4S. The van der Waals surface area contributed by atoms with Crippen LogP contribution in [0.3, 0.4) is 0 Å². The van der Waals surface area contributed by atoms with E-state index in [4.69, 9.17) is 5.11 Å². The smallest absolute Gasteiger partial charge is 0.317 e. The van der Waals surface area contributed by atoms with Gasteiger partial charge in [-0.1, -0.05) is 13.3 Å². The van der Waals surface area contributed by atoms with Crippen molar-refractivity contribution in [3.8, 4) is 0 Å². The summed E-state index contributed by atoms with van der Waals surface area (Å²) >= 11 is 0. The summed E-state index contributed by atoms with van der Waals surface area (Å²) in [6.45, 7) is 3.30. The minimum absolute atomic E-state index is 0.0367. The van der Waals surface area contributed by atoms with Gasteiger partial charge in [-0.25, -0.2) is 4.79 Å². The first-order valence-electron chi connectivity index (χ1n) is 6.12. The number of hydrogen-bond acceptors (Lipinski definition) is 3. The topological polar surface area (TPSA) is 86.7 Å². The van der Waals surface area contributed by atoms with Gasteiger partial charge in [0.1, 0.15) is 0 Å². The highest BCUT2D eigenvalue weighted by Gasteiger charge is 2.20. The molecule has 6 nitrogen and oxygen atoms in total. The Balaban J connectivity index is 2.31. The summed E-state index contributed by atoms with van der Waals surface area (Å²) in [5, 5.41) is 11.4. The van der Waals surface area contributed by atoms with Gasteiger partial charge in [0.05, 0.1) is 0 Å². The third kappa shape index (κ3) is 5.03. The maximum absolute atomic E-state index is 11.8. The van der Waals surface area contributed by atoms with E-state index in [1.807, 2.05) is 6.92 Å². The van der Waals surface area contributed by atoms with Gasteiger partial charge in [0, 0.05) is 48.4 Å². The lowest BCUT2D eigenvalue weighted by Gasteiger charge is -2.27. The van der Waals surface area contributed by atoms with Gasteiger partial charge in [0.2, 0.25) is 0 Å². The molecule has 0 aromatic heterocycles. The van der Waals surface area contributed by atoms with E-state index in [9.17, 15) is 13.8 Å². The second-order valence-electron chi connectivity index (χ2n) is 4.39. The Bertz CT molecular complexity index is 325. The van der Waals surface area contributed by atoms with Crippen LogP contribution in [0.4, 0.5) is 4.79 Å². The second-order valence-corrected chi connectivity index (χ2v) is 6.09. The Kier molecular flexibility index (Phi) is 6.11. The summed E-state index contributed by atoms with van der Waals surface area (Å²) in [5.41, 5.74) is 0. The van der Waals surface area contributed by atoms with E-state index in [1.54, 1.807) is 4.90 Å². The van der Waals surface area contributed by atoms with Crippen LogP contribution < -0.4 is 5.32 Å². The average Bonchev–Trinajstić information content (AvgIpc) is 2.34. The number of carbonyl (C=O) groups excluding carboxylic acids is 1. The van der Waals surface area contributed by atoms with E-state index in [0.29, 0.717) is 31.1 Å². The SMILES string of the molecule is CCC(CNC(=O)N1CCS(=O)CC1)CC(=O)O. The predicted molar refractivity (Wildman–Crippen MR) is 68.9 cm³/mol. The van der Waals surface area contributed by atoms with Gasteiger partial charge in [-0.2, -0.15) is 0 Å². The first kappa shape index (κ1) is 14.9. The van der Waals surface area contributed by atoms with Crippen LogP contribution in [0.15, 0.2) is 0 Å². The van der Waals surface area contributed by atoms with E-state index < -0.39 is 16.8 Å². The molecular weight excluding hydrogens is 256 g/mol. The van der Waals surface area contributed by atoms with Gasteiger partial charge in [-0.3, -0.25) is 9.00 Å². The molecule has 0 spiro atoms. The lowest BCUT2D eigenvalue weighted by Crippen LogP contribution is -2.47. The number of aliphatic carboxylic acids is 1. The Morgan fingerprint density at radius 2 is 2.00 bits per heavy atom. The number of amides is 2. The summed E-state index contributed by atoms with van der Waals surface area (Å²) in [5.74, 6) is 0.175. The number of carboxylic acid groups (broad SMARTS) is 1. The summed E-state index contributed by atoms with van der Waals surface area (Å²) in [6, 6.07) is -0.185. The molecule has 1 heterocycles. The molecule has 1 rings (SSSR count). The predicted octanol–water partition coefficient (Wildman–Crippen LogP) is 0.261. The first-order chi connectivity index (χ1) is 8.52. The molecule has 1 fully saturated rings. The molecule has 1 aliphatic rings. The molecule has 2 amide bonds. The molecule has 18 heavy (non-hydrogen) atoms. The standard InChI is InChI=1S/C11H20N2O4S/c1-2-9(7-10(14)15)8-12-11(16)13-3-5-18(17)6-4-13/h9H,2-8H2,1H3,(H,12,16)(H,14,15). The van der Waals surface area contributed by atoms with Gasteiger partial charge in [0.15, 0.2) is 0 Å². The molecule has 7 heteroatoms. The molecule has 1 aliphatic heterocycles. The van der Waals surface area contributed by atoms with Crippen molar-refractivity contribution in [2.24, 2.45) is 5.92 Å². The molecule has 0 aromatic rings. The van der Waals surface area contributed by atoms with Crippen LogP contribution in [0, 0.1) is 5.92 Å². The number of nitrogens with one attached hydrogen (secondary N) is 1. The summed E-state index contributed by atoms with van der Waals surface area (Å²) < 4.78 is 11.2. The largest absolute Gasteiger partial charge is 0.481 e. The van der Waals surface area contributed by atoms with Crippen LogP contribution in [0.1, 0.15) is 19.8 Å². The van der Waals surface area contributed by atoms with Crippen molar-refractivity contribution in [1.82, 2.24) is 10.2 Å². The van der Waals surface area contributed by atoms with E-state index in [-0.39, 0.29) is 18.4 Å².